The second-order valence-electron chi connectivity index (χ2n) is 6.52. The van der Waals surface area contributed by atoms with Crippen molar-refractivity contribution in [3.8, 4) is 0 Å². The number of hydrogen-bond donors (Lipinski definition) is 3. The van der Waals surface area contributed by atoms with Crippen molar-refractivity contribution in [1.82, 2.24) is 15.0 Å². The van der Waals surface area contributed by atoms with Crippen LogP contribution in [0.1, 0.15) is 25.1 Å². The van der Waals surface area contributed by atoms with Gasteiger partial charge in [0.1, 0.15) is 11.3 Å². The van der Waals surface area contributed by atoms with Crippen molar-refractivity contribution in [1.29, 1.82) is 0 Å². The molecule has 28 heavy (non-hydrogen) atoms. The summed E-state index contributed by atoms with van der Waals surface area (Å²) < 4.78 is 38.2. The summed E-state index contributed by atoms with van der Waals surface area (Å²) in [4.78, 5) is 23.2. The zero-order chi connectivity index (χ0) is 19.8. The number of aromatic amines is 1. The van der Waals surface area contributed by atoms with Crippen LogP contribution in [0.15, 0.2) is 35.2 Å². The molecule has 0 saturated heterocycles. The molecule has 1 atom stereocenters. The number of fused-ring (bicyclic) bond motifs is 1. The van der Waals surface area contributed by atoms with E-state index >= 15 is 0 Å². The van der Waals surface area contributed by atoms with E-state index < -0.39 is 23.0 Å². The third-order valence-electron chi connectivity index (χ3n) is 4.35. The van der Waals surface area contributed by atoms with Crippen LogP contribution in [-0.2, 0) is 15.6 Å². The molecular formula is C18H17F2N5O2S. The molecule has 146 valence electrons. The Morgan fingerprint density at radius 1 is 1.25 bits per heavy atom. The molecule has 10 heteroatoms. The molecular weight excluding hydrogens is 388 g/mol. The monoisotopic (exact) mass is 405 g/mol. The van der Waals surface area contributed by atoms with E-state index in [-0.39, 0.29) is 28.8 Å². The fourth-order valence-electron chi connectivity index (χ4n) is 2.81. The Kier molecular flexibility index (Phi) is 4.80. The first-order valence-electron chi connectivity index (χ1n) is 8.61. The number of pyridine rings is 1. The lowest BCUT2D eigenvalue weighted by Gasteiger charge is -2.12. The SMILES string of the molecule is CS(=O)c1ccccc1Nc1cc(NC(=O)C2CC2)nc2nc(C(F)F)[nH]c12. The summed E-state index contributed by atoms with van der Waals surface area (Å²) in [6.45, 7) is 0. The lowest BCUT2D eigenvalue weighted by molar-refractivity contribution is -0.117. The Labute approximate surface area is 161 Å². The average Bonchev–Trinajstić information content (AvgIpc) is 3.41. The van der Waals surface area contributed by atoms with Crippen LogP contribution in [0, 0.1) is 5.92 Å². The molecule has 7 nitrogen and oxygen atoms in total. The van der Waals surface area contributed by atoms with Gasteiger partial charge in [-0.1, -0.05) is 12.1 Å². The van der Waals surface area contributed by atoms with Crippen LogP contribution in [-0.4, -0.2) is 31.3 Å². The summed E-state index contributed by atoms with van der Waals surface area (Å²) in [5.41, 5.74) is 1.29. The zero-order valence-corrected chi connectivity index (χ0v) is 15.6. The number of rotatable bonds is 6. The Morgan fingerprint density at radius 3 is 2.68 bits per heavy atom. The fraction of sp³-hybridized carbons (Fsp3) is 0.278. The van der Waals surface area contributed by atoms with Crippen LogP contribution in [0.3, 0.4) is 0 Å². The number of nitrogens with one attached hydrogen (secondary N) is 3. The molecule has 0 spiro atoms. The third-order valence-corrected chi connectivity index (χ3v) is 5.33. The molecule has 1 aliphatic rings. The number of carbonyl (C=O) groups excluding carboxylic acids is 1. The number of nitrogens with zero attached hydrogens (tertiary/aromatic N) is 2. The highest BCUT2D eigenvalue weighted by Crippen LogP contribution is 2.33. The number of H-pyrrole nitrogens is 1. The second kappa shape index (κ2) is 7.27. The summed E-state index contributed by atoms with van der Waals surface area (Å²) in [5.74, 6) is -0.483. The van der Waals surface area contributed by atoms with Gasteiger partial charge in [-0.25, -0.2) is 18.7 Å². The number of benzene rings is 1. The Bertz CT molecular complexity index is 1080. The summed E-state index contributed by atoms with van der Waals surface area (Å²) in [6.07, 6.45) is 0.413. The van der Waals surface area contributed by atoms with Gasteiger partial charge in [-0.2, -0.15) is 0 Å². The number of anilines is 3. The highest BCUT2D eigenvalue weighted by Gasteiger charge is 2.30. The predicted octanol–water partition coefficient (Wildman–Crippen LogP) is 3.73. The van der Waals surface area contributed by atoms with Crippen LogP contribution >= 0.6 is 0 Å². The van der Waals surface area contributed by atoms with Gasteiger partial charge in [-0.05, 0) is 25.0 Å². The molecule has 3 aromatic rings. The van der Waals surface area contributed by atoms with Crippen LogP contribution in [0.4, 0.5) is 26.0 Å². The number of aromatic nitrogens is 3. The normalized spacial score (nSPS) is 15.0. The van der Waals surface area contributed by atoms with E-state index in [9.17, 15) is 17.8 Å². The van der Waals surface area contributed by atoms with Crippen molar-refractivity contribution in [3.63, 3.8) is 0 Å². The molecule has 4 rings (SSSR count). The molecule has 3 N–H and O–H groups in total. The van der Waals surface area contributed by atoms with Crippen molar-refractivity contribution in [3.05, 3.63) is 36.2 Å². The molecule has 2 heterocycles. The quantitative estimate of drug-likeness (QED) is 0.580. The second-order valence-corrected chi connectivity index (χ2v) is 7.86. The summed E-state index contributed by atoms with van der Waals surface area (Å²) in [6, 6.07) is 8.52. The molecule has 1 aliphatic carbocycles. The van der Waals surface area contributed by atoms with E-state index in [0.717, 1.165) is 12.8 Å². The van der Waals surface area contributed by atoms with Crippen LogP contribution in [0.2, 0.25) is 0 Å². The maximum Gasteiger partial charge on any atom is 0.295 e. The summed E-state index contributed by atoms with van der Waals surface area (Å²) in [5, 5.41) is 5.81. The van der Waals surface area contributed by atoms with Gasteiger partial charge in [0, 0.05) is 18.2 Å². The summed E-state index contributed by atoms with van der Waals surface area (Å²) in [7, 11) is -1.26. The van der Waals surface area contributed by atoms with E-state index in [4.69, 9.17) is 0 Å². The van der Waals surface area contributed by atoms with Gasteiger partial charge in [0.05, 0.1) is 27.1 Å². The van der Waals surface area contributed by atoms with E-state index in [1.807, 2.05) is 0 Å². The van der Waals surface area contributed by atoms with Gasteiger partial charge in [0.2, 0.25) is 5.91 Å². The zero-order valence-electron chi connectivity index (χ0n) is 14.8. The van der Waals surface area contributed by atoms with E-state index in [1.165, 1.54) is 0 Å². The van der Waals surface area contributed by atoms with Crippen molar-refractivity contribution < 1.29 is 17.8 Å². The largest absolute Gasteiger partial charge is 0.353 e. The molecule has 1 saturated carbocycles. The Balaban J connectivity index is 1.78. The molecule has 1 aromatic carbocycles. The van der Waals surface area contributed by atoms with Gasteiger partial charge in [-0.3, -0.25) is 9.00 Å². The third kappa shape index (κ3) is 3.72. The number of hydrogen-bond acceptors (Lipinski definition) is 5. The highest BCUT2D eigenvalue weighted by molar-refractivity contribution is 7.84. The topological polar surface area (TPSA) is 99.8 Å². The average molecular weight is 405 g/mol. The van der Waals surface area contributed by atoms with E-state index in [2.05, 4.69) is 25.6 Å². The minimum atomic E-state index is -2.79. The van der Waals surface area contributed by atoms with Crippen molar-refractivity contribution in [2.75, 3.05) is 16.9 Å². The molecule has 1 amide bonds. The van der Waals surface area contributed by atoms with E-state index in [1.54, 1.807) is 36.6 Å². The number of carbonyl (C=O) groups is 1. The number of halogens is 2. The van der Waals surface area contributed by atoms with Crippen molar-refractivity contribution in [2.45, 2.75) is 24.2 Å². The van der Waals surface area contributed by atoms with Crippen molar-refractivity contribution >= 4 is 45.1 Å². The lowest BCUT2D eigenvalue weighted by Crippen LogP contribution is -2.14. The van der Waals surface area contributed by atoms with Crippen molar-refractivity contribution in [2.24, 2.45) is 5.92 Å². The van der Waals surface area contributed by atoms with Crippen LogP contribution < -0.4 is 10.6 Å². The minimum absolute atomic E-state index is 0.0343. The fourth-order valence-corrected chi connectivity index (χ4v) is 3.51. The van der Waals surface area contributed by atoms with Crippen LogP contribution in [0.5, 0.6) is 0 Å². The van der Waals surface area contributed by atoms with Gasteiger partial charge in [0.25, 0.3) is 6.43 Å². The molecule has 2 aromatic heterocycles. The number of para-hydroxylation sites is 1. The maximum atomic E-state index is 13.1. The number of imidazole rings is 1. The molecule has 1 fully saturated rings. The maximum absolute atomic E-state index is 13.1. The van der Waals surface area contributed by atoms with Gasteiger partial charge in [-0.15, -0.1) is 0 Å². The lowest BCUT2D eigenvalue weighted by atomic mass is 10.2. The molecule has 0 radical (unpaired) electrons. The van der Waals surface area contributed by atoms with Gasteiger partial charge < -0.3 is 15.6 Å². The first-order valence-corrected chi connectivity index (χ1v) is 10.2. The van der Waals surface area contributed by atoms with E-state index in [0.29, 0.717) is 16.3 Å². The predicted molar refractivity (Wildman–Crippen MR) is 102 cm³/mol. The van der Waals surface area contributed by atoms with Crippen LogP contribution in [0.25, 0.3) is 11.2 Å². The van der Waals surface area contributed by atoms with Gasteiger partial charge in [0.15, 0.2) is 11.5 Å². The number of alkyl halides is 2. The Morgan fingerprint density at radius 2 is 2.00 bits per heavy atom. The van der Waals surface area contributed by atoms with Gasteiger partial charge >= 0.3 is 0 Å². The smallest absolute Gasteiger partial charge is 0.295 e. The first-order chi connectivity index (χ1) is 13.4. The molecule has 0 bridgehead atoms. The summed E-state index contributed by atoms with van der Waals surface area (Å²) >= 11 is 0. The highest BCUT2D eigenvalue weighted by atomic mass is 32.2. The number of amides is 1. The Hall–Kier alpha value is -2.88. The minimum Gasteiger partial charge on any atom is -0.353 e. The standard InChI is InChI=1S/C18H17F2N5O2S/c1-28(27)12-5-3-2-4-10(12)21-11-8-13(23-18(26)9-6-7-9)22-16-14(11)24-17(25-16)15(19)20/h2-5,8-9,15H,6-7H2,1H3,(H3,21,22,23,24,25,26). The molecule has 1 unspecified atom stereocenters. The molecule has 0 aliphatic heterocycles. The first kappa shape index (κ1) is 18.5.